The van der Waals surface area contributed by atoms with Crippen molar-refractivity contribution in [1.82, 2.24) is 15.2 Å². The van der Waals surface area contributed by atoms with E-state index in [4.69, 9.17) is 0 Å². The third kappa shape index (κ3) is 4.41. The molecule has 0 aliphatic carbocycles. The van der Waals surface area contributed by atoms with E-state index in [-0.39, 0.29) is 17.4 Å². The van der Waals surface area contributed by atoms with Gasteiger partial charge in [0, 0.05) is 43.9 Å². The third-order valence-corrected chi connectivity index (χ3v) is 4.33. The Balaban J connectivity index is 1.42. The Bertz CT molecular complexity index is 779. The van der Waals surface area contributed by atoms with E-state index in [1.54, 1.807) is 0 Å². The van der Waals surface area contributed by atoms with Gasteiger partial charge in [-0.1, -0.05) is 24.3 Å². The molecule has 2 amide bonds. The van der Waals surface area contributed by atoms with Gasteiger partial charge in [-0.15, -0.1) is 0 Å². The number of hydrogen-bond acceptors (Lipinski definition) is 3. The van der Waals surface area contributed by atoms with Gasteiger partial charge in [-0.3, -0.25) is 9.59 Å². The number of nitrogens with zero attached hydrogens (tertiary/aromatic N) is 2. The van der Waals surface area contributed by atoms with E-state index in [1.165, 1.54) is 23.4 Å². The quantitative estimate of drug-likeness (QED) is 0.671. The average Bonchev–Trinajstić information content (AvgIpc) is 2.64. The lowest BCUT2D eigenvalue weighted by Gasteiger charge is -2.29. The molecular weight excluding hydrogens is 321 g/mol. The summed E-state index contributed by atoms with van der Waals surface area (Å²) in [5.41, 5.74) is 2.74. The van der Waals surface area contributed by atoms with E-state index in [2.05, 4.69) is 22.4 Å². The molecule has 0 unspecified atom stereocenters. The van der Waals surface area contributed by atoms with Gasteiger partial charge in [-0.25, -0.2) is 4.98 Å². The maximum Gasteiger partial charge on any atom is 0.251 e. The molecule has 2 heterocycles. The fourth-order valence-corrected chi connectivity index (χ4v) is 2.95. The Labute approximate surface area is 145 Å². The van der Waals surface area contributed by atoms with Crippen molar-refractivity contribution in [3.63, 3.8) is 0 Å². The van der Waals surface area contributed by atoms with Gasteiger partial charge in [0.15, 0.2) is 0 Å². The van der Waals surface area contributed by atoms with E-state index >= 15 is 0 Å². The van der Waals surface area contributed by atoms with Crippen LogP contribution >= 0.6 is 0 Å². The Morgan fingerprint density at radius 1 is 1.20 bits per heavy atom. The minimum absolute atomic E-state index is 0.0960. The number of benzene rings is 1. The Morgan fingerprint density at radius 2 is 2.00 bits per heavy atom. The van der Waals surface area contributed by atoms with Gasteiger partial charge in [0.2, 0.25) is 11.9 Å². The number of hydrogen-bond donors (Lipinski definition) is 1. The number of pyridine rings is 1. The van der Waals surface area contributed by atoms with Crippen molar-refractivity contribution >= 4 is 11.8 Å². The standard InChI is InChI=1S/C19H20FN3O2/c20-17-12-15(7-10-21-17)19(25)22-9-3-6-18(24)23-11-8-14-4-1-2-5-16(14)13-23/h1-2,4-5,7,10,12H,3,6,8-9,11,13H2,(H,22,25). The zero-order chi connectivity index (χ0) is 17.6. The summed E-state index contributed by atoms with van der Waals surface area (Å²) in [7, 11) is 0. The van der Waals surface area contributed by atoms with Crippen molar-refractivity contribution in [2.24, 2.45) is 0 Å². The molecule has 6 heteroatoms. The average molecular weight is 341 g/mol. The van der Waals surface area contributed by atoms with Crippen LogP contribution in [0.4, 0.5) is 4.39 Å². The van der Waals surface area contributed by atoms with Gasteiger partial charge >= 0.3 is 0 Å². The molecule has 130 valence electrons. The van der Waals surface area contributed by atoms with Crippen LogP contribution in [-0.4, -0.2) is 34.8 Å². The summed E-state index contributed by atoms with van der Waals surface area (Å²) in [6, 6.07) is 10.7. The summed E-state index contributed by atoms with van der Waals surface area (Å²) < 4.78 is 13.0. The van der Waals surface area contributed by atoms with E-state index in [1.807, 2.05) is 17.0 Å². The number of amides is 2. The molecule has 0 fully saturated rings. The fourth-order valence-electron chi connectivity index (χ4n) is 2.95. The van der Waals surface area contributed by atoms with Crippen LogP contribution in [0.2, 0.25) is 0 Å². The van der Waals surface area contributed by atoms with E-state index in [9.17, 15) is 14.0 Å². The minimum Gasteiger partial charge on any atom is -0.352 e. The van der Waals surface area contributed by atoms with Crippen molar-refractivity contribution in [3.8, 4) is 0 Å². The molecule has 1 aliphatic heterocycles. The van der Waals surface area contributed by atoms with Crippen LogP contribution in [0.5, 0.6) is 0 Å². The Morgan fingerprint density at radius 3 is 2.80 bits per heavy atom. The second kappa shape index (κ2) is 7.88. The molecule has 25 heavy (non-hydrogen) atoms. The summed E-state index contributed by atoms with van der Waals surface area (Å²) >= 11 is 0. The second-order valence-corrected chi connectivity index (χ2v) is 6.06. The van der Waals surface area contributed by atoms with Crippen molar-refractivity contribution in [2.75, 3.05) is 13.1 Å². The van der Waals surface area contributed by atoms with Crippen LogP contribution in [0, 0.1) is 5.95 Å². The topological polar surface area (TPSA) is 62.3 Å². The highest BCUT2D eigenvalue weighted by molar-refractivity contribution is 5.94. The van der Waals surface area contributed by atoms with Crippen LogP contribution < -0.4 is 5.32 Å². The van der Waals surface area contributed by atoms with E-state index in [0.29, 0.717) is 25.9 Å². The van der Waals surface area contributed by atoms with Gasteiger partial charge in [0.1, 0.15) is 0 Å². The van der Waals surface area contributed by atoms with Gasteiger partial charge in [-0.2, -0.15) is 4.39 Å². The molecule has 0 spiro atoms. The normalized spacial score (nSPS) is 13.2. The number of carbonyl (C=O) groups is 2. The molecule has 1 aromatic heterocycles. The molecule has 1 aliphatic rings. The molecule has 3 rings (SSSR count). The molecule has 0 saturated heterocycles. The van der Waals surface area contributed by atoms with Gasteiger partial charge in [0.25, 0.3) is 5.91 Å². The summed E-state index contributed by atoms with van der Waals surface area (Å²) in [5, 5.41) is 2.70. The molecular formula is C19H20FN3O2. The Kier molecular flexibility index (Phi) is 5.38. The SMILES string of the molecule is O=C(NCCCC(=O)N1CCc2ccccc2C1)c1ccnc(F)c1. The minimum atomic E-state index is -0.687. The first-order chi connectivity index (χ1) is 12.1. The zero-order valence-electron chi connectivity index (χ0n) is 13.9. The monoisotopic (exact) mass is 341 g/mol. The Hall–Kier alpha value is -2.76. The summed E-state index contributed by atoms with van der Waals surface area (Å²) in [4.78, 5) is 29.5. The molecule has 0 atom stereocenters. The lowest BCUT2D eigenvalue weighted by Crippen LogP contribution is -2.36. The number of rotatable bonds is 5. The van der Waals surface area contributed by atoms with Crippen LogP contribution in [0.1, 0.15) is 34.3 Å². The van der Waals surface area contributed by atoms with Crippen molar-refractivity contribution in [1.29, 1.82) is 0 Å². The molecule has 2 aromatic rings. The predicted molar refractivity (Wildman–Crippen MR) is 91.3 cm³/mol. The van der Waals surface area contributed by atoms with Crippen molar-refractivity contribution in [2.45, 2.75) is 25.8 Å². The summed E-state index contributed by atoms with van der Waals surface area (Å²) in [5.74, 6) is -0.951. The van der Waals surface area contributed by atoms with Crippen LogP contribution in [0.3, 0.4) is 0 Å². The van der Waals surface area contributed by atoms with Crippen LogP contribution in [0.25, 0.3) is 0 Å². The first-order valence-electron chi connectivity index (χ1n) is 8.38. The number of carbonyl (C=O) groups excluding carboxylic acids is 2. The second-order valence-electron chi connectivity index (χ2n) is 6.06. The highest BCUT2D eigenvalue weighted by atomic mass is 19.1. The lowest BCUT2D eigenvalue weighted by atomic mass is 9.99. The number of halogens is 1. The maximum absolute atomic E-state index is 13.0. The first-order valence-corrected chi connectivity index (χ1v) is 8.38. The van der Waals surface area contributed by atoms with Crippen molar-refractivity contribution in [3.05, 3.63) is 65.2 Å². The van der Waals surface area contributed by atoms with Gasteiger partial charge in [0.05, 0.1) is 0 Å². The number of fused-ring (bicyclic) bond motifs is 1. The molecule has 0 radical (unpaired) electrons. The van der Waals surface area contributed by atoms with Gasteiger partial charge in [-0.05, 0) is 30.0 Å². The summed E-state index contributed by atoms with van der Waals surface area (Å²) in [6.45, 7) is 1.76. The third-order valence-electron chi connectivity index (χ3n) is 4.33. The highest BCUT2D eigenvalue weighted by Gasteiger charge is 2.19. The van der Waals surface area contributed by atoms with Crippen LogP contribution in [-0.2, 0) is 17.8 Å². The van der Waals surface area contributed by atoms with Crippen LogP contribution in [0.15, 0.2) is 42.6 Å². The van der Waals surface area contributed by atoms with E-state index < -0.39 is 5.95 Å². The number of nitrogens with one attached hydrogen (secondary N) is 1. The smallest absolute Gasteiger partial charge is 0.251 e. The molecule has 0 saturated carbocycles. The van der Waals surface area contributed by atoms with E-state index in [0.717, 1.165) is 19.0 Å². The molecule has 1 aromatic carbocycles. The highest BCUT2D eigenvalue weighted by Crippen LogP contribution is 2.19. The first kappa shape index (κ1) is 17.1. The fraction of sp³-hybridized carbons (Fsp3) is 0.316. The lowest BCUT2D eigenvalue weighted by molar-refractivity contribution is -0.132. The number of aromatic nitrogens is 1. The largest absolute Gasteiger partial charge is 0.352 e. The summed E-state index contributed by atoms with van der Waals surface area (Å²) in [6.07, 6.45) is 3.07. The zero-order valence-corrected chi connectivity index (χ0v) is 13.9. The van der Waals surface area contributed by atoms with Gasteiger partial charge < -0.3 is 10.2 Å². The molecule has 0 bridgehead atoms. The molecule has 1 N–H and O–H groups in total. The molecule has 5 nitrogen and oxygen atoms in total. The predicted octanol–water partition coefficient (Wildman–Crippen LogP) is 2.32. The van der Waals surface area contributed by atoms with Crippen molar-refractivity contribution < 1.29 is 14.0 Å². The maximum atomic E-state index is 13.0.